The molecule has 0 radical (unpaired) electrons. The summed E-state index contributed by atoms with van der Waals surface area (Å²) in [5.74, 6) is -2.15. The molecule has 0 atom stereocenters. The number of benzene rings is 2. The molecule has 2 aromatic rings. The van der Waals surface area contributed by atoms with Crippen LogP contribution in [-0.4, -0.2) is 119 Å². The SMILES string of the molecule is CC(C)c1ccc(CCN(CC(=O)N2CCOCC2)S(=O)(=O)c2cc(C(N)=NC(=O)OCCOC(=O)C(C)(C)C)ccc2OC(=O)OCCOC(=O)C(C)(C)C)cc1. The lowest BCUT2D eigenvalue weighted by molar-refractivity contribution is -0.154. The van der Waals surface area contributed by atoms with E-state index in [-0.39, 0.29) is 57.4 Å². The third-order valence-corrected chi connectivity index (χ3v) is 10.4. The summed E-state index contributed by atoms with van der Waals surface area (Å²) in [6, 6.07) is 11.1. The van der Waals surface area contributed by atoms with Gasteiger partial charge in [0.05, 0.1) is 30.6 Å². The van der Waals surface area contributed by atoms with Gasteiger partial charge in [-0.25, -0.2) is 18.0 Å². The average molecular weight is 833 g/mol. The van der Waals surface area contributed by atoms with Crippen molar-refractivity contribution in [2.45, 2.75) is 72.6 Å². The number of esters is 2. The van der Waals surface area contributed by atoms with E-state index in [1.54, 1.807) is 41.5 Å². The molecule has 2 amide bonds. The van der Waals surface area contributed by atoms with Crippen molar-refractivity contribution in [1.82, 2.24) is 9.21 Å². The number of ether oxygens (including phenoxy) is 6. The molecule has 0 aliphatic carbocycles. The van der Waals surface area contributed by atoms with Crippen LogP contribution in [0.3, 0.4) is 0 Å². The molecule has 18 heteroatoms. The Balaban J connectivity index is 1.96. The van der Waals surface area contributed by atoms with E-state index in [4.69, 9.17) is 34.2 Å². The summed E-state index contributed by atoms with van der Waals surface area (Å²) in [6.07, 6.45) is -2.24. The monoisotopic (exact) mass is 832 g/mol. The molecule has 58 heavy (non-hydrogen) atoms. The van der Waals surface area contributed by atoms with E-state index in [9.17, 15) is 32.4 Å². The maximum atomic E-state index is 14.7. The molecule has 0 aromatic heterocycles. The summed E-state index contributed by atoms with van der Waals surface area (Å²) in [7, 11) is -4.70. The van der Waals surface area contributed by atoms with Crippen LogP contribution in [0.5, 0.6) is 5.75 Å². The van der Waals surface area contributed by atoms with Crippen molar-refractivity contribution < 1.29 is 60.8 Å². The minimum atomic E-state index is -4.70. The topological polar surface area (TPSA) is 220 Å². The van der Waals surface area contributed by atoms with Crippen LogP contribution in [0.2, 0.25) is 0 Å². The number of hydrogen-bond donors (Lipinski definition) is 1. The molecule has 1 heterocycles. The second kappa shape index (κ2) is 21.1. The number of nitrogens with two attached hydrogens (primary N) is 1. The minimum Gasteiger partial charge on any atom is -0.462 e. The largest absolute Gasteiger partial charge is 0.514 e. The lowest BCUT2D eigenvalue weighted by Gasteiger charge is -2.30. The Labute approximate surface area is 340 Å². The molecule has 1 aliphatic heterocycles. The fraction of sp³-hybridized carbons (Fsp3) is 0.550. The molecule has 2 aromatic carbocycles. The van der Waals surface area contributed by atoms with Crippen molar-refractivity contribution in [3.8, 4) is 5.75 Å². The Morgan fingerprint density at radius 1 is 0.828 bits per heavy atom. The molecule has 2 N–H and O–H groups in total. The number of sulfonamides is 1. The smallest absolute Gasteiger partial charge is 0.462 e. The number of carbonyl (C=O) groups is 5. The van der Waals surface area contributed by atoms with Gasteiger partial charge in [0.1, 0.15) is 37.2 Å². The first-order valence-corrected chi connectivity index (χ1v) is 20.3. The standard InChI is InChI=1S/C40H56N4O13S/c1-27(2)29-11-9-28(10-12-29)15-16-44(26-33(45)43-17-19-52-20-18-43)58(50,51)32-25-30(34(41)42-37(48)55-23-21-53-35(46)39(3,4)5)13-14-31(32)57-38(49)56-24-22-54-36(47)40(6,7)8/h9-14,25,27H,15-24,26H2,1-8H3,(H2,41,42,48). The predicted octanol–water partition coefficient (Wildman–Crippen LogP) is 4.44. The highest BCUT2D eigenvalue weighted by Gasteiger charge is 2.33. The molecule has 1 fully saturated rings. The zero-order chi connectivity index (χ0) is 43.3. The third-order valence-electron chi connectivity index (χ3n) is 8.54. The zero-order valence-corrected chi connectivity index (χ0v) is 35.3. The molecular formula is C40H56N4O13S. The molecule has 1 aliphatic rings. The van der Waals surface area contributed by atoms with Gasteiger partial charge in [-0.1, -0.05) is 38.1 Å². The Morgan fingerprint density at radius 2 is 1.38 bits per heavy atom. The van der Waals surface area contributed by atoms with Gasteiger partial charge in [0.2, 0.25) is 15.9 Å². The molecule has 0 bridgehead atoms. The van der Waals surface area contributed by atoms with E-state index >= 15 is 0 Å². The molecule has 0 spiro atoms. The number of carbonyl (C=O) groups excluding carboxylic acids is 5. The molecule has 3 rings (SSSR count). The van der Waals surface area contributed by atoms with Crippen molar-refractivity contribution in [2.75, 3.05) is 65.8 Å². The summed E-state index contributed by atoms with van der Waals surface area (Å²) in [5, 5.41) is 0. The summed E-state index contributed by atoms with van der Waals surface area (Å²) in [4.78, 5) is 67.6. The highest BCUT2D eigenvalue weighted by molar-refractivity contribution is 7.89. The van der Waals surface area contributed by atoms with Gasteiger partial charge < -0.3 is 39.1 Å². The summed E-state index contributed by atoms with van der Waals surface area (Å²) >= 11 is 0. The number of rotatable bonds is 16. The number of nitrogens with zero attached hydrogens (tertiary/aromatic N) is 3. The van der Waals surface area contributed by atoms with Crippen LogP contribution < -0.4 is 10.5 Å². The minimum absolute atomic E-state index is 0.0757. The Morgan fingerprint density at radius 3 is 1.93 bits per heavy atom. The van der Waals surface area contributed by atoms with Gasteiger partial charge >= 0.3 is 24.2 Å². The highest BCUT2D eigenvalue weighted by Crippen LogP contribution is 2.30. The van der Waals surface area contributed by atoms with E-state index in [0.29, 0.717) is 13.2 Å². The van der Waals surface area contributed by atoms with Crippen molar-refractivity contribution in [2.24, 2.45) is 21.6 Å². The Bertz CT molecular complexity index is 1890. The quantitative estimate of drug-likeness (QED) is 0.0618. The maximum absolute atomic E-state index is 14.7. The highest BCUT2D eigenvalue weighted by atomic mass is 32.2. The maximum Gasteiger partial charge on any atom is 0.514 e. The second-order valence-electron chi connectivity index (χ2n) is 15.7. The number of amidine groups is 1. The van der Waals surface area contributed by atoms with Crippen LogP contribution in [0.25, 0.3) is 0 Å². The summed E-state index contributed by atoms with van der Waals surface area (Å²) in [5.41, 5.74) is 6.42. The molecule has 0 saturated carbocycles. The fourth-order valence-corrected chi connectivity index (χ4v) is 6.56. The van der Waals surface area contributed by atoms with Crippen LogP contribution >= 0.6 is 0 Å². The predicted molar refractivity (Wildman–Crippen MR) is 212 cm³/mol. The number of aliphatic imine (C=N–C) groups is 1. The fourth-order valence-electron chi connectivity index (χ4n) is 5.03. The Kier molecular flexibility index (Phi) is 17.2. The van der Waals surface area contributed by atoms with Crippen LogP contribution in [0.15, 0.2) is 52.4 Å². The number of morpholine rings is 1. The molecule has 17 nitrogen and oxygen atoms in total. The van der Waals surface area contributed by atoms with E-state index in [1.165, 1.54) is 11.0 Å². The first kappa shape index (κ1) is 47.3. The number of hydrogen-bond acceptors (Lipinski definition) is 13. The molecule has 0 unspecified atom stereocenters. The average Bonchev–Trinajstić information content (AvgIpc) is 3.16. The first-order chi connectivity index (χ1) is 27.1. The second-order valence-corrected chi connectivity index (χ2v) is 17.6. The van der Waals surface area contributed by atoms with Crippen molar-refractivity contribution in [3.63, 3.8) is 0 Å². The third kappa shape index (κ3) is 14.7. The van der Waals surface area contributed by atoms with Gasteiger partial charge in [0.15, 0.2) is 5.75 Å². The number of amides is 2. The van der Waals surface area contributed by atoms with E-state index < -0.39 is 80.6 Å². The molecule has 320 valence electrons. The molecule has 1 saturated heterocycles. The van der Waals surface area contributed by atoms with E-state index in [1.807, 2.05) is 24.3 Å². The van der Waals surface area contributed by atoms with Crippen LogP contribution in [-0.2, 0) is 54.5 Å². The van der Waals surface area contributed by atoms with E-state index in [2.05, 4.69) is 18.8 Å². The normalized spacial score (nSPS) is 13.9. The first-order valence-electron chi connectivity index (χ1n) is 18.9. The lowest BCUT2D eigenvalue weighted by Crippen LogP contribution is -2.47. The van der Waals surface area contributed by atoms with Crippen LogP contribution in [0.4, 0.5) is 9.59 Å². The lowest BCUT2D eigenvalue weighted by atomic mass is 9.97. The van der Waals surface area contributed by atoms with Crippen LogP contribution in [0, 0.1) is 10.8 Å². The summed E-state index contributed by atoms with van der Waals surface area (Å²) in [6.45, 7) is 13.3. The van der Waals surface area contributed by atoms with Crippen molar-refractivity contribution >= 4 is 46.0 Å². The summed E-state index contributed by atoms with van der Waals surface area (Å²) < 4.78 is 61.3. The van der Waals surface area contributed by atoms with Gasteiger partial charge in [-0.3, -0.25) is 14.4 Å². The van der Waals surface area contributed by atoms with Gasteiger partial charge in [-0.15, -0.1) is 0 Å². The van der Waals surface area contributed by atoms with Gasteiger partial charge in [0, 0.05) is 25.2 Å². The van der Waals surface area contributed by atoms with E-state index in [0.717, 1.165) is 27.6 Å². The zero-order valence-electron chi connectivity index (χ0n) is 34.5. The Hall–Kier alpha value is -5.07. The van der Waals surface area contributed by atoms with Gasteiger partial charge in [-0.05, 0) is 83.2 Å². The van der Waals surface area contributed by atoms with Crippen molar-refractivity contribution in [1.29, 1.82) is 0 Å². The van der Waals surface area contributed by atoms with Crippen LogP contribution in [0.1, 0.15) is 78.0 Å². The molecular weight excluding hydrogens is 777 g/mol. The van der Waals surface area contributed by atoms with Gasteiger partial charge in [-0.2, -0.15) is 9.30 Å². The van der Waals surface area contributed by atoms with Crippen molar-refractivity contribution in [3.05, 3.63) is 59.2 Å². The van der Waals surface area contributed by atoms with Gasteiger partial charge in [0.25, 0.3) is 0 Å².